The maximum Gasteiger partial charge on any atom is 0.275 e. The molecule has 0 unspecified atom stereocenters. The van der Waals surface area contributed by atoms with Gasteiger partial charge in [0.05, 0.1) is 25.1 Å². The van der Waals surface area contributed by atoms with E-state index in [4.69, 9.17) is 4.74 Å². The SMILES string of the molecule is O=C(Nc1ccc(N2CCOCC2)cc1)c1csc(Nc2cccnc2)n1. The molecule has 4 rings (SSSR count). The predicted molar refractivity (Wildman–Crippen MR) is 107 cm³/mol. The molecule has 1 aromatic carbocycles. The van der Waals surface area contributed by atoms with Crippen molar-refractivity contribution in [2.75, 3.05) is 41.8 Å². The Morgan fingerprint density at radius 2 is 1.93 bits per heavy atom. The molecule has 1 fully saturated rings. The molecular formula is C19H19N5O2S. The minimum atomic E-state index is -0.232. The monoisotopic (exact) mass is 381 g/mol. The van der Waals surface area contributed by atoms with Crippen LogP contribution in [-0.2, 0) is 4.74 Å². The quantitative estimate of drug-likeness (QED) is 0.705. The fourth-order valence-electron chi connectivity index (χ4n) is 2.77. The maximum atomic E-state index is 12.4. The standard InChI is InChI=1S/C19H19N5O2S/c25-18(17-13-27-19(23-17)22-15-2-1-7-20-12-15)21-14-3-5-16(6-4-14)24-8-10-26-11-9-24/h1-7,12-13H,8-11H2,(H,21,25)(H,22,23). The smallest absolute Gasteiger partial charge is 0.275 e. The molecule has 1 aliphatic rings. The number of benzene rings is 1. The molecule has 0 atom stereocenters. The lowest BCUT2D eigenvalue weighted by Gasteiger charge is -2.28. The summed E-state index contributed by atoms with van der Waals surface area (Å²) in [5.74, 6) is -0.232. The van der Waals surface area contributed by atoms with E-state index in [1.807, 2.05) is 36.4 Å². The van der Waals surface area contributed by atoms with Gasteiger partial charge in [0.2, 0.25) is 0 Å². The highest BCUT2D eigenvalue weighted by Crippen LogP contribution is 2.22. The van der Waals surface area contributed by atoms with Gasteiger partial charge in [-0.05, 0) is 36.4 Å². The van der Waals surface area contributed by atoms with Crippen LogP contribution in [0.5, 0.6) is 0 Å². The Kier molecular flexibility index (Phi) is 5.27. The third kappa shape index (κ3) is 4.42. The van der Waals surface area contributed by atoms with Crippen molar-refractivity contribution in [3.63, 3.8) is 0 Å². The average molecular weight is 381 g/mol. The second-order valence-electron chi connectivity index (χ2n) is 6.01. The van der Waals surface area contributed by atoms with Crippen molar-refractivity contribution in [2.24, 2.45) is 0 Å². The zero-order valence-corrected chi connectivity index (χ0v) is 15.4. The summed E-state index contributed by atoms with van der Waals surface area (Å²) < 4.78 is 5.37. The van der Waals surface area contributed by atoms with Crippen molar-refractivity contribution >= 4 is 39.4 Å². The van der Waals surface area contributed by atoms with Gasteiger partial charge in [-0.3, -0.25) is 9.78 Å². The number of hydrogen-bond acceptors (Lipinski definition) is 7. The zero-order chi connectivity index (χ0) is 18.5. The lowest BCUT2D eigenvalue weighted by Crippen LogP contribution is -2.36. The van der Waals surface area contributed by atoms with Gasteiger partial charge in [-0.2, -0.15) is 0 Å². The van der Waals surface area contributed by atoms with Crippen LogP contribution in [0.15, 0.2) is 54.2 Å². The van der Waals surface area contributed by atoms with E-state index in [1.54, 1.807) is 17.8 Å². The van der Waals surface area contributed by atoms with Crippen LogP contribution in [0, 0.1) is 0 Å². The molecule has 1 saturated heterocycles. The van der Waals surface area contributed by atoms with Crippen molar-refractivity contribution in [2.45, 2.75) is 0 Å². The largest absolute Gasteiger partial charge is 0.378 e. The number of carbonyl (C=O) groups excluding carboxylic acids is 1. The van der Waals surface area contributed by atoms with Crippen molar-refractivity contribution in [1.29, 1.82) is 0 Å². The van der Waals surface area contributed by atoms with E-state index in [2.05, 4.69) is 25.5 Å². The molecule has 1 aliphatic heterocycles. The summed E-state index contributed by atoms with van der Waals surface area (Å²) in [7, 11) is 0. The van der Waals surface area contributed by atoms with Gasteiger partial charge in [0.25, 0.3) is 5.91 Å². The predicted octanol–water partition coefficient (Wildman–Crippen LogP) is 3.37. The Labute approximate surface area is 161 Å². The highest BCUT2D eigenvalue weighted by Gasteiger charge is 2.13. The fraction of sp³-hybridized carbons (Fsp3) is 0.211. The number of nitrogens with zero attached hydrogens (tertiary/aromatic N) is 3. The van der Waals surface area contributed by atoms with E-state index < -0.39 is 0 Å². The molecule has 2 aromatic heterocycles. The molecule has 0 bridgehead atoms. The van der Waals surface area contributed by atoms with Crippen molar-refractivity contribution in [3.05, 3.63) is 59.9 Å². The molecular weight excluding hydrogens is 362 g/mol. The van der Waals surface area contributed by atoms with E-state index in [0.717, 1.165) is 43.4 Å². The Bertz CT molecular complexity index is 892. The number of amides is 1. The van der Waals surface area contributed by atoms with E-state index in [-0.39, 0.29) is 5.91 Å². The highest BCUT2D eigenvalue weighted by atomic mass is 32.1. The number of pyridine rings is 1. The minimum absolute atomic E-state index is 0.232. The summed E-state index contributed by atoms with van der Waals surface area (Å²) in [5.41, 5.74) is 3.08. The summed E-state index contributed by atoms with van der Waals surface area (Å²) in [6.45, 7) is 3.27. The molecule has 138 valence electrons. The molecule has 27 heavy (non-hydrogen) atoms. The molecule has 8 heteroatoms. The van der Waals surface area contributed by atoms with Crippen molar-refractivity contribution in [1.82, 2.24) is 9.97 Å². The Morgan fingerprint density at radius 1 is 1.11 bits per heavy atom. The van der Waals surface area contributed by atoms with E-state index in [1.165, 1.54) is 11.3 Å². The Balaban J connectivity index is 1.37. The summed E-state index contributed by atoms with van der Waals surface area (Å²) in [5, 5.41) is 8.40. The van der Waals surface area contributed by atoms with Crippen molar-refractivity contribution in [3.8, 4) is 0 Å². The molecule has 7 nitrogen and oxygen atoms in total. The van der Waals surface area contributed by atoms with Crippen LogP contribution in [0.3, 0.4) is 0 Å². The number of ether oxygens (including phenoxy) is 1. The van der Waals surface area contributed by atoms with Crippen LogP contribution in [-0.4, -0.2) is 42.2 Å². The molecule has 0 aliphatic carbocycles. The van der Waals surface area contributed by atoms with E-state index in [9.17, 15) is 4.79 Å². The molecule has 2 N–H and O–H groups in total. The molecule has 1 amide bonds. The first kappa shape index (κ1) is 17.4. The molecule has 0 saturated carbocycles. The lowest BCUT2D eigenvalue weighted by atomic mass is 10.2. The molecule has 0 radical (unpaired) electrons. The van der Waals surface area contributed by atoms with Crippen LogP contribution >= 0.6 is 11.3 Å². The van der Waals surface area contributed by atoms with Crippen LogP contribution in [0.2, 0.25) is 0 Å². The third-order valence-corrected chi connectivity index (χ3v) is 4.91. The number of carbonyl (C=O) groups is 1. The molecule has 3 heterocycles. The minimum Gasteiger partial charge on any atom is -0.378 e. The average Bonchev–Trinajstić information content (AvgIpc) is 3.19. The number of nitrogens with one attached hydrogen (secondary N) is 2. The normalized spacial score (nSPS) is 14.0. The van der Waals surface area contributed by atoms with Gasteiger partial charge in [0, 0.05) is 36.0 Å². The first-order valence-corrected chi connectivity index (χ1v) is 9.52. The van der Waals surface area contributed by atoms with Crippen LogP contribution in [0.1, 0.15) is 10.5 Å². The number of thiazole rings is 1. The van der Waals surface area contributed by atoms with E-state index >= 15 is 0 Å². The summed E-state index contributed by atoms with van der Waals surface area (Å²) in [6, 6.07) is 11.6. The van der Waals surface area contributed by atoms with Gasteiger partial charge < -0.3 is 20.3 Å². The second kappa shape index (κ2) is 8.15. The van der Waals surface area contributed by atoms with Gasteiger partial charge in [-0.25, -0.2) is 4.98 Å². The summed E-state index contributed by atoms with van der Waals surface area (Å²) >= 11 is 1.38. The van der Waals surface area contributed by atoms with Crippen LogP contribution in [0.25, 0.3) is 0 Å². The maximum absolute atomic E-state index is 12.4. The number of aromatic nitrogens is 2. The van der Waals surface area contributed by atoms with Gasteiger partial charge >= 0.3 is 0 Å². The first-order chi connectivity index (χ1) is 13.3. The van der Waals surface area contributed by atoms with Crippen molar-refractivity contribution < 1.29 is 9.53 Å². The lowest BCUT2D eigenvalue weighted by molar-refractivity contribution is 0.102. The zero-order valence-electron chi connectivity index (χ0n) is 14.6. The number of hydrogen-bond donors (Lipinski definition) is 2. The number of rotatable bonds is 5. The van der Waals surface area contributed by atoms with Gasteiger partial charge in [0.15, 0.2) is 5.13 Å². The highest BCUT2D eigenvalue weighted by molar-refractivity contribution is 7.14. The fourth-order valence-corrected chi connectivity index (χ4v) is 3.48. The summed E-state index contributed by atoms with van der Waals surface area (Å²) in [4.78, 5) is 23.1. The number of morpholine rings is 1. The van der Waals surface area contributed by atoms with Gasteiger partial charge in [-0.15, -0.1) is 11.3 Å². The molecule has 3 aromatic rings. The number of anilines is 4. The second-order valence-corrected chi connectivity index (χ2v) is 6.86. The topological polar surface area (TPSA) is 79.4 Å². The van der Waals surface area contributed by atoms with Crippen LogP contribution in [0.4, 0.5) is 22.2 Å². The Morgan fingerprint density at radius 3 is 2.67 bits per heavy atom. The summed E-state index contributed by atoms with van der Waals surface area (Å²) in [6.07, 6.45) is 3.41. The first-order valence-electron chi connectivity index (χ1n) is 8.65. The van der Waals surface area contributed by atoms with E-state index in [0.29, 0.717) is 10.8 Å². The van der Waals surface area contributed by atoms with Crippen LogP contribution < -0.4 is 15.5 Å². The Hall–Kier alpha value is -2.97. The van der Waals surface area contributed by atoms with Gasteiger partial charge in [0.1, 0.15) is 5.69 Å². The molecule has 0 spiro atoms. The third-order valence-electron chi connectivity index (χ3n) is 4.15. The van der Waals surface area contributed by atoms with Gasteiger partial charge in [-0.1, -0.05) is 0 Å².